The smallest absolute Gasteiger partial charge is 0.312 e. The number of aliphatic carboxylic acids is 1. The van der Waals surface area contributed by atoms with Crippen LogP contribution in [0.5, 0.6) is 0 Å². The molecule has 0 saturated carbocycles. The fourth-order valence-corrected chi connectivity index (χ4v) is 1.35. The molecule has 0 fully saturated rings. The van der Waals surface area contributed by atoms with Crippen LogP contribution in [0.3, 0.4) is 0 Å². The predicted molar refractivity (Wildman–Crippen MR) is 49.0 cm³/mol. The minimum atomic E-state index is -0.855. The second-order valence-electron chi connectivity index (χ2n) is 3.07. The summed E-state index contributed by atoms with van der Waals surface area (Å²) in [6.07, 6.45) is 1.52. The maximum atomic E-state index is 10.8. The molecular weight excluding hydrogens is 182 g/mol. The molecule has 2 aromatic rings. The summed E-state index contributed by atoms with van der Waals surface area (Å²) in [5.74, 6) is -1.42. The van der Waals surface area contributed by atoms with E-state index in [0.717, 1.165) is 0 Å². The van der Waals surface area contributed by atoms with Crippen LogP contribution < -0.4 is 0 Å². The Kier molecular flexibility index (Phi) is 1.92. The monoisotopic (exact) mass is 191 g/mol. The molecule has 0 radical (unpaired) electrons. The highest BCUT2D eigenvalue weighted by atomic mass is 16.4. The van der Waals surface area contributed by atoms with Gasteiger partial charge < -0.3 is 5.11 Å². The number of nitrogens with zero attached hydrogens (tertiary/aromatic N) is 3. The summed E-state index contributed by atoms with van der Waals surface area (Å²) < 4.78 is 1.68. The van der Waals surface area contributed by atoms with Crippen molar-refractivity contribution in [2.45, 2.75) is 12.8 Å². The Morgan fingerprint density at radius 2 is 2.36 bits per heavy atom. The largest absolute Gasteiger partial charge is 0.481 e. The first-order valence-electron chi connectivity index (χ1n) is 4.21. The number of aromatic nitrogens is 3. The molecule has 5 nitrogen and oxygen atoms in total. The fourth-order valence-electron chi connectivity index (χ4n) is 1.35. The number of hydrogen-bond donors (Lipinski definition) is 1. The average molecular weight is 191 g/mol. The normalized spacial score (nSPS) is 12.9. The van der Waals surface area contributed by atoms with Gasteiger partial charge in [0.05, 0.1) is 5.92 Å². The molecule has 0 aliphatic carbocycles. The summed E-state index contributed by atoms with van der Waals surface area (Å²) >= 11 is 0. The lowest BCUT2D eigenvalue weighted by Crippen LogP contribution is -2.11. The summed E-state index contributed by atoms with van der Waals surface area (Å²) in [5, 5.41) is 16.4. The van der Waals surface area contributed by atoms with E-state index in [2.05, 4.69) is 10.2 Å². The van der Waals surface area contributed by atoms with Gasteiger partial charge in [-0.25, -0.2) is 0 Å². The third-order valence-corrected chi connectivity index (χ3v) is 2.18. The van der Waals surface area contributed by atoms with Gasteiger partial charge in [0.25, 0.3) is 0 Å². The highest BCUT2D eigenvalue weighted by Gasteiger charge is 2.16. The minimum Gasteiger partial charge on any atom is -0.481 e. The topological polar surface area (TPSA) is 67.5 Å². The molecule has 0 amide bonds. The van der Waals surface area contributed by atoms with Crippen LogP contribution >= 0.6 is 0 Å². The highest BCUT2D eigenvalue weighted by Crippen LogP contribution is 2.15. The van der Waals surface area contributed by atoms with E-state index in [-0.39, 0.29) is 0 Å². The lowest BCUT2D eigenvalue weighted by atomic mass is 10.1. The zero-order chi connectivity index (χ0) is 10.1. The van der Waals surface area contributed by atoms with Crippen LogP contribution in [0.4, 0.5) is 0 Å². The molecule has 2 rings (SSSR count). The van der Waals surface area contributed by atoms with Gasteiger partial charge in [0, 0.05) is 5.69 Å². The molecule has 5 heteroatoms. The van der Waals surface area contributed by atoms with Gasteiger partial charge >= 0.3 is 5.97 Å². The second-order valence-corrected chi connectivity index (χ2v) is 3.07. The maximum Gasteiger partial charge on any atom is 0.312 e. The van der Waals surface area contributed by atoms with E-state index >= 15 is 0 Å². The Morgan fingerprint density at radius 3 is 3.07 bits per heavy atom. The summed E-state index contributed by atoms with van der Waals surface area (Å²) in [6.45, 7) is 1.64. The molecule has 0 saturated heterocycles. The Balaban J connectivity index is 2.61. The van der Waals surface area contributed by atoms with E-state index in [0.29, 0.717) is 11.3 Å². The van der Waals surface area contributed by atoms with Gasteiger partial charge in [0.2, 0.25) is 0 Å². The van der Waals surface area contributed by atoms with Gasteiger partial charge in [-0.2, -0.15) is 0 Å². The number of hydrogen-bond acceptors (Lipinski definition) is 3. The van der Waals surface area contributed by atoms with Crippen LogP contribution in [0.1, 0.15) is 18.5 Å². The van der Waals surface area contributed by atoms with Crippen molar-refractivity contribution < 1.29 is 9.90 Å². The van der Waals surface area contributed by atoms with Gasteiger partial charge in [-0.15, -0.1) is 10.2 Å². The molecule has 1 atom stereocenters. The van der Waals surface area contributed by atoms with Gasteiger partial charge in [-0.3, -0.25) is 9.20 Å². The van der Waals surface area contributed by atoms with E-state index in [4.69, 9.17) is 5.11 Å². The third kappa shape index (κ3) is 1.22. The minimum absolute atomic E-state index is 0.560. The third-order valence-electron chi connectivity index (χ3n) is 2.18. The van der Waals surface area contributed by atoms with E-state index in [9.17, 15) is 4.79 Å². The standard InChI is InChI=1S/C9H9N3O2/c1-6(9(13)14)7-3-2-4-8-11-10-5-12(7)8/h2-6H,1H3,(H,13,14). The van der Waals surface area contributed by atoms with Gasteiger partial charge in [-0.1, -0.05) is 6.07 Å². The molecule has 1 N–H and O–H groups in total. The molecule has 2 heterocycles. The summed E-state index contributed by atoms with van der Waals surface area (Å²) in [4.78, 5) is 10.8. The number of pyridine rings is 1. The van der Waals surface area contributed by atoms with Crippen LogP contribution in [0.2, 0.25) is 0 Å². The zero-order valence-corrected chi connectivity index (χ0v) is 7.58. The SMILES string of the molecule is CC(C(=O)O)c1cccc2nncn12. The van der Waals surface area contributed by atoms with Gasteiger partial charge in [-0.05, 0) is 19.1 Å². The molecule has 72 valence electrons. The molecule has 14 heavy (non-hydrogen) atoms. The Bertz CT molecular complexity index is 478. The van der Waals surface area contributed by atoms with Gasteiger partial charge in [0.1, 0.15) is 6.33 Å². The summed E-state index contributed by atoms with van der Waals surface area (Å²) in [7, 11) is 0. The van der Waals surface area contributed by atoms with Crippen LogP contribution in [0.25, 0.3) is 5.65 Å². The van der Waals surface area contributed by atoms with Crippen LogP contribution in [0.15, 0.2) is 24.5 Å². The van der Waals surface area contributed by atoms with E-state index in [1.807, 2.05) is 0 Å². The van der Waals surface area contributed by atoms with E-state index in [1.165, 1.54) is 6.33 Å². The lowest BCUT2D eigenvalue weighted by molar-refractivity contribution is -0.138. The molecule has 0 aliphatic heterocycles. The maximum absolute atomic E-state index is 10.8. The van der Waals surface area contributed by atoms with Crippen molar-refractivity contribution >= 4 is 11.6 Å². The molecule has 1 unspecified atom stereocenters. The average Bonchev–Trinajstić information content (AvgIpc) is 2.63. The highest BCUT2D eigenvalue weighted by molar-refractivity contribution is 5.75. The molecule has 0 spiro atoms. The molecule has 0 bridgehead atoms. The Labute approximate surface area is 80.0 Å². The van der Waals surface area contributed by atoms with Crippen LogP contribution in [-0.4, -0.2) is 25.7 Å². The van der Waals surface area contributed by atoms with E-state index < -0.39 is 11.9 Å². The molecule has 0 aliphatic rings. The Morgan fingerprint density at radius 1 is 1.57 bits per heavy atom. The fraction of sp³-hybridized carbons (Fsp3) is 0.222. The first-order chi connectivity index (χ1) is 6.70. The second kappa shape index (κ2) is 3.10. The number of fused-ring (bicyclic) bond motifs is 1. The quantitative estimate of drug-likeness (QED) is 0.766. The van der Waals surface area contributed by atoms with E-state index in [1.54, 1.807) is 29.5 Å². The molecule has 2 aromatic heterocycles. The molecule has 0 aromatic carbocycles. The number of carboxylic acid groups (broad SMARTS) is 1. The number of rotatable bonds is 2. The first-order valence-corrected chi connectivity index (χ1v) is 4.21. The summed E-state index contributed by atoms with van der Waals surface area (Å²) in [5.41, 5.74) is 1.34. The van der Waals surface area contributed by atoms with Crippen molar-refractivity contribution in [3.8, 4) is 0 Å². The summed E-state index contributed by atoms with van der Waals surface area (Å²) in [6, 6.07) is 5.32. The van der Waals surface area contributed by atoms with Crippen molar-refractivity contribution in [3.05, 3.63) is 30.2 Å². The van der Waals surface area contributed by atoms with Crippen molar-refractivity contribution in [2.24, 2.45) is 0 Å². The molecular formula is C9H9N3O2. The van der Waals surface area contributed by atoms with Crippen molar-refractivity contribution in [3.63, 3.8) is 0 Å². The zero-order valence-electron chi connectivity index (χ0n) is 7.58. The predicted octanol–water partition coefficient (Wildman–Crippen LogP) is 0.917. The number of carbonyl (C=O) groups is 1. The number of carboxylic acids is 1. The van der Waals surface area contributed by atoms with Crippen molar-refractivity contribution in [1.29, 1.82) is 0 Å². The first kappa shape index (κ1) is 8.68. The Hall–Kier alpha value is -1.91. The van der Waals surface area contributed by atoms with Gasteiger partial charge in [0.15, 0.2) is 5.65 Å². The lowest BCUT2D eigenvalue weighted by Gasteiger charge is -2.08. The van der Waals surface area contributed by atoms with Crippen molar-refractivity contribution in [1.82, 2.24) is 14.6 Å². The van der Waals surface area contributed by atoms with Crippen LogP contribution in [-0.2, 0) is 4.79 Å². The van der Waals surface area contributed by atoms with Crippen LogP contribution in [0, 0.1) is 0 Å². The van der Waals surface area contributed by atoms with Crippen molar-refractivity contribution in [2.75, 3.05) is 0 Å².